The van der Waals surface area contributed by atoms with Gasteiger partial charge in [-0.25, -0.2) is 4.39 Å². The van der Waals surface area contributed by atoms with Crippen LogP contribution in [0.1, 0.15) is 30.4 Å². The highest BCUT2D eigenvalue weighted by molar-refractivity contribution is 5.76. The molecule has 0 bridgehead atoms. The lowest BCUT2D eigenvalue weighted by atomic mass is 9.97. The molecule has 0 saturated heterocycles. The number of benzene rings is 2. The zero-order chi connectivity index (χ0) is 14.4. The highest BCUT2D eigenvalue weighted by Crippen LogP contribution is 2.18. The first-order chi connectivity index (χ1) is 9.66. The third kappa shape index (κ3) is 3.92. The highest BCUT2D eigenvalue weighted by Gasteiger charge is 2.11. The predicted molar refractivity (Wildman–Crippen MR) is 77.7 cm³/mol. The van der Waals surface area contributed by atoms with Crippen LogP contribution in [-0.4, -0.2) is 5.91 Å². The van der Waals surface area contributed by atoms with Gasteiger partial charge in [-0.3, -0.25) is 4.79 Å². The minimum Gasteiger partial charge on any atom is -0.352 e. The zero-order valence-corrected chi connectivity index (χ0v) is 11.5. The lowest BCUT2D eigenvalue weighted by molar-refractivity contribution is -0.121. The number of hydrogen-bond donors (Lipinski definition) is 1. The summed E-state index contributed by atoms with van der Waals surface area (Å²) in [6.07, 6.45) is 0.401. The smallest absolute Gasteiger partial charge is 0.220 e. The maximum Gasteiger partial charge on any atom is 0.220 e. The van der Waals surface area contributed by atoms with E-state index in [9.17, 15) is 9.18 Å². The van der Waals surface area contributed by atoms with Gasteiger partial charge in [-0.1, -0.05) is 55.5 Å². The largest absolute Gasteiger partial charge is 0.352 e. The fourth-order valence-electron chi connectivity index (χ4n) is 2.09. The number of nitrogens with one attached hydrogen (secondary N) is 1. The Morgan fingerprint density at radius 3 is 2.45 bits per heavy atom. The zero-order valence-electron chi connectivity index (χ0n) is 11.5. The van der Waals surface area contributed by atoms with Gasteiger partial charge in [0.1, 0.15) is 5.82 Å². The van der Waals surface area contributed by atoms with Gasteiger partial charge in [-0.15, -0.1) is 0 Å². The van der Waals surface area contributed by atoms with E-state index in [1.807, 2.05) is 37.3 Å². The molecule has 1 atom stereocenters. The van der Waals surface area contributed by atoms with Crippen LogP contribution in [0.3, 0.4) is 0 Å². The van der Waals surface area contributed by atoms with Gasteiger partial charge in [-0.2, -0.15) is 0 Å². The van der Waals surface area contributed by atoms with Crippen molar-refractivity contribution < 1.29 is 9.18 Å². The molecule has 104 valence electrons. The molecule has 3 heteroatoms. The van der Waals surface area contributed by atoms with Crippen molar-refractivity contribution in [2.24, 2.45) is 0 Å². The predicted octanol–water partition coefficient (Wildman–Crippen LogP) is 3.64. The van der Waals surface area contributed by atoms with Gasteiger partial charge < -0.3 is 5.32 Å². The summed E-state index contributed by atoms with van der Waals surface area (Å²) in [5.41, 5.74) is 1.64. The van der Waals surface area contributed by atoms with E-state index >= 15 is 0 Å². The number of carbonyl (C=O) groups excluding carboxylic acids is 1. The van der Waals surface area contributed by atoms with E-state index in [-0.39, 0.29) is 24.2 Å². The molecule has 0 radical (unpaired) electrons. The van der Waals surface area contributed by atoms with Crippen LogP contribution in [0.4, 0.5) is 4.39 Å². The Morgan fingerprint density at radius 1 is 1.10 bits per heavy atom. The average molecular weight is 271 g/mol. The first-order valence-corrected chi connectivity index (χ1v) is 6.72. The van der Waals surface area contributed by atoms with Crippen molar-refractivity contribution in [3.63, 3.8) is 0 Å². The minimum absolute atomic E-state index is 0.0652. The lowest BCUT2D eigenvalue weighted by Crippen LogP contribution is -2.24. The van der Waals surface area contributed by atoms with E-state index in [0.29, 0.717) is 12.0 Å². The summed E-state index contributed by atoms with van der Waals surface area (Å²) in [5, 5.41) is 2.76. The van der Waals surface area contributed by atoms with E-state index in [1.165, 1.54) is 6.07 Å². The quantitative estimate of drug-likeness (QED) is 0.884. The van der Waals surface area contributed by atoms with Crippen molar-refractivity contribution in [2.45, 2.75) is 25.8 Å². The van der Waals surface area contributed by atoms with Crippen LogP contribution in [0.5, 0.6) is 0 Å². The molecule has 2 rings (SSSR count). The van der Waals surface area contributed by atoms with Gasteiger partial charge >= 0.3 is 0 Å². The fraction of sp³-hybridized carbons (Fsp3) is 0.235. The SMILES string of the molecule is CC(CC(=O)NCc1ccccc1F)c1ccccc1. The van der Waals surface area contributed by atoms with Gasteiger partial charge in [0.2, 0.25) is 5.91 Å². The van der Waals surface area contributed by atoms with E-state index in [0.717, 1.165) is 5.56 Å². The summed E-state index contributed by atoms with van der Waals surface area (Å²) in [7, 11) is 0. The van der Waals surface area contributed by atoms with Crippen LogP contribution in [0.25, 0.3) is 0 Å². The topological polar surface area (TPSA) is 29.1 Å². The molecule has 0 aliphatic rings. The van der Waals surface area contributed by atoms with Crippen molar-refractivity contribution in [1.29, 1.82) is 0 Å². The molecule has 0 heterocycles. The van der Waals surface area contributed by atoms with E-state index in [4.69, 9.17) is 0 Å². The first kappa shape index (κ1) is 14.3. The molecule has 0 aromatic heterocycles. The Bertz CT molecular complexity index is 568. The fourth-order valence-corrected chi connectivity index (χ4v) is 2.09. The average Bonchev–Trinajstić information content (AvgIpc) is 2.47. The van der Waals surface area contributed by atoms with Gasteiger partial charge in [0.15, 0.2) is 0 Å². The van der Waals surface area contributed by atoms with E-state index in [2.05, 4.69) is 5.32 Å². The van der Waals surface area contributed by atoms with Gasteiger partial charge in [0, 0.05) is 18.5 Å². The Hall–Kier alpha value is -2.16. The molecule has 0 spiro atoms. The molecule has 2 aromatic rings. The molecule has 1 unspecified atom stereocenters. The molecule has 0 aliphatic heterocycles. The maximum absolute atomic E-state index is 13.4. The van der Waals surface area contributed by atoms with E-state index < -0.39 is 0 Å². The van der Waals surface area contributed by atoms with Crippen molar-refractivity contribution >= 4 is 5.91 Å². The summed E-state index contributed by atoms with van der Waals surface area (Å²) >= 11 is 0. The molecule has 0 aliphatic carbocycles. The van der Waals surface area contributed by atoms with Crippen molar-refractivity contribution in [2.75, 3.05) is 0 Å². The summed E-state index contributed by atoms with van der Waals surface area (Å²) in [6.45, 7) is 2.24. The van der Waals surface area contributed by atoms with Crippen LogP contribution < -0.4 is 5.32 Å². The molecule has 1 N–H and O–H groups in total. The third-order valence-electron chi connectivity index (χ3n) is 3.29. The van der Waals surface area contributed by atoms with Crippen LogP contribution >= 0.6 is 0 Å². The highest BCUT2D eigenvalue weighted by atomic mass is 19.1. The van der Waals surface area contributed by atoms with Gasteiger partial charge in [0.25, 0.3) is 0 Å². The number of amides is 1. The molecule has 2 aromatic carbocycles. The van der Waals surface area contributed by atoms with Crippen LogP contribution in [0, 0.1) is 5.82 Å². The summed E-state index contributed by atoms with van der Waals surface area (Å²) in [4.78, 5) is 11.9. The minimum atomic E-state index is -0.288. The third-order valence-corrected chi connectivity index (χ3v) is 3.29. The Balaban J connectivity index is 1.86. The Kier molecular flexibility index (Phi) is 4.88. The van der Waals surface area contributed by atoms with Gasteiger partial charge in [0.05, 0.1) is 0 Å². The number of halogens is 1. The monoisotopic (exact) mass is 271 g/mol. The van der Waals surface area contributed by atoms with Crippen LogP contribution in [0.2, 0.25) is 0 Å². The maximum atomic E-state index is 13.4. The van der Waals surface area contributed by atoms with Crippen molar-refractivity contribution in [1.82, 2.24) is 5.32 Å². The van der Waals surface area contributed by atoms with Gasteiger partial charge in [-0.05, 0) is 17.5 Å². The molecular formula is C17H18FNO. The number of carbonyl (C=O) groups is 1. The Labute approximate surface area is 118 Å². The van der Waals surface area contributed by atoms with Crippen LogP contribution in [-0.2, 0) is 11.3 Å². The van der Waals surface area contributed by atoms with E-state index in [1.54, 1.807) is 18.2 Å². The number of rotatable bonds is 5. The molecule has 20 heavy (non-hydrogen) atoms. The molecule has 0 fully saturated rings. The molecule has 1 amide bonds. The Morgan fingerprint density at radius 2 is 1.75 bits per heavy atom. The second-order valence-electron chi connectivity index (χ2n) is 4.88. The van der Waals surface area contributed by atoms with Crippen molar-refractivity contribution in [3.05, 3.63) is 71.5 Å². The second kappa shape index (κ2) is 6.85. The lowest BCUT2D eigenvalue weighted by Gasteiger charge is -2.12. The summed E-state index contributed by atoms with van der Waals surface area (Å²) in [5.74, 6) is -0.203. The molecule has 2 nitrogen and oxygen atoms in total. The second-order valence-corrected chi connectivity index (χ2v) is 4.88. The van der Waals surface area contributed by atoms with Crippen LogP contribution in [0.15, 0.2) is 54.6 Å². The van der Waals surface area contributed by atoms with Crippen molar-refractivity contribution in [3.8, 4) is 0 Å². The normalized spacial score (nSPS) is 11.9. The summed E-state index contributed by atoms with van der Waals surface area (Å²) < 4.78 is 13.4. The molecule has 0 saturated carbocycles. The number of hydrogen-bond acceptors (Lipinski definition) is 1. The first-order valence-electron chi connectivity index (χ1n) is 6.72. The molecular weight excluding hydrogens is 253 g/mol. The standard InChI is InChI=1S/C17H18FNO/c1-13(14-7-3-2-4-8-14)11-17(20)19-12-15-9-5-6-10-16(15)18/h2-10,13H,11-12H2,1H3,(H,19,20). The summed E-state index contributed by atoms with van der Waals surface area (Å²) in [6, 6.07) is 16.4.